The van der Waals surface area contributed by atoms with Crippen LogP contribution in [0.1, 0.15) is 15.4 Å². The maximum Gasteiger partial charge on any atom is 0.227 e. The summed E-state index contributed by atoms with van der Waals surface area (Å²) in [6.45, 7) is 0.885. The van der Waals surface area contributed by atoms with E-state index in [2.05, 4.69) is 15.0 Å². The number of hydrogen-bond donors (Lipinski definition) is 2. The minimum Gasteiger partial charge on any atom is -0.352 e. The van der Waals surface area contributed by atoms with Crippen LogP contribution in [0.3, 0.4) is 0 Å². The summed E-state index contributed by atoms with van der Waals surface area (Å²) in [4.78, 5) is 18.8. The quantitative estimate of drug-likeness (QED) is 0.541. The van der Waals surface area contributed by atoms with Crippen molar-refractivity contribution in [3.8, 4) is 10.6 Å². The second-order valence-corrected chi connectivity index (χ2v) is 10.2. The minimum atomic E-state index is -3.16. The second kappa shape index (κ2) is 9.42. The Bertz CT molecular complexity index is 1030. The van der Waals surface area contributed by atoms with Gasteiger partial charge in [0.1, 0.15) is 5.01 Å². The van der Waals surface area contributed by atoms with Gasteiger partial charge in [-0.25, -0.2) is 18.1 Å². The molecule has 0 spiro atoms. The van der Waals surface area contributed by atoms with Gasteiger partial charge in [-0.3, -0.25) is 4.79 Å². The van der Waals surface area contributed by atoms with E-state index in [4.69, 9.17) is 0 Å². The molecule has 1 aromatic carbocycles. The van der Waals surface area contributed by atoms with Crippen LogP contribution in [0, 0.1) is 0 Å². The Labute approximate surface area is 172 Å². The molecule has 2 aromatic heterocycles. The van der Waals surface area contributed by atoms with Crippen molar-refractivity contribution >= 4 is 38.6 Å². The zero-order valence-electron chi connectivity index (χ0n) is 15.3. The Balaban J connectivity index is 1.51. The highest BCUT2D eigenvalue weighted by Crippen LogP contribution is 2.29. The van der Waals surface area contributed by atoms with E-state index in [0.29, 0.717) is 19.5 Å². The normalized spacial score (nSPS) is 11.5. The predicted molar refractivity (Wildman–Crippen MR) is 114 cm³/mol. The van der Waals surface area contributed by atoms with Crippen LogP contribution in [0.5, 0.6) is 0 Å². The first-order valence-corrected chi connectivity index (χ1v) is 12.3. The minimum absolute atomic E-state index is 0.0523. The van der Waals surface area contributed by atoms with Gasteiger partial charge < -0.3 is 5.32 Å². The Morgan fingerprint density at radius 2 is 1.93 bits per heavy atom. The van der Waals surface area contributed by atoms with Crippen LogP contribution >= 0.6 is 22.7 Å². The van der Waals surface area contributed by atoms with Gasteiger partial charge in [0.15, 0.2) is 0 Å². The van der Waals surface area contributed by atoms with Crippen molar-refractivity contribution in [2.45, 2.75) is 19.4 Å². The van der Waals surface area contributed by atoms with Crippen LogP contribution < -0.4 is 10.0 Å². The summed E-state index contributed by atoms with van der Waals surface area (Å²) in [7, 11) is -3.16. The number of thiophene rings is 1. The monoisotopic (exact) mass is 435 g/mol. The molecule has 1 amide bonds. The van der Waals surface area contributed by atoms with E-state index in [9.17, 15) is 13.2 Å². The van der Waals surface area contributed by atoms with Gasteiger partial charge in [0, 0.05) is 23.3 Å². The molecule has 28 heavy (non-hydrogen) atoms. The summed E-state index contributed by atoms with van der Waals surface area (Å²) in [5.74, 6) is -0.0523. The first kappa shape index (κ1) is 20.7. The van der Waals surface area contributed by atoms with Crippen LogP contribution in [0.25, 0.3) is 10.6 Å². The molecular weight excluding hydrogens is 414 g/mol. The van der Waals surface area contributed by atoms with Gasteiger partial charge >= 0.3 is 0 Å². The lowest BCUT2D eigenvalue weighted by Gasteiger charge is -2.03. The van der Waals surface area contributed by atoms with E-state index in [0.717, 1.165) is 32.3 Å². The number of amides is 1. The predicted octanol–water partition coefficient (Wildman–Crippen LogP) is 2.82. The highest BCUT2D eigenvalue weighted by molar-refractivity contribution is 7.88. The third-order valence-electron chi connectivity index (χ3n) is 3.85. The zero-order valence-corrected chi connectivity index (χ0v) is 17.8. The number of carbonyl (C=O) groups is 1. The van der Waals surface area contributed by atoms with E-state index in [-0.39, 0.29) is 12.3 Å². The van der Waals surface area contributed by atoms with E-state index < -0.39 is 10.0 Å². The van der Waals surface area contributed by atoms with Crippen molar-refractivity contribution in [2.75, 3.05) is 12.8 Å². The Kier molecular flexibility index (Phi) is 6.95. The fourth-order valence-electron chi connectivity index (χ4n) is 2.51. The average Bonchev–Trinajstić information content (AvgIpc) is 3.29. The molecule has 0 aliphatic rings. The number of thiazole rings is 1. The molecule has 3 rings (SSSR count). The summed E-state index contributed by atoms with van der Waals surface area (Å²) in [5.41, 5.74) is 1.91. The molecule has 0 saturated heterocycles. The van der Waals surface area contributed by atoms with Gasteiger partial charge in [0.25, 0.3) is 0 Å². The highest BCUT2D eigenvalue weighted by Gasteiger charge is 2.11. The van der Waals surface area contributed by atoms with Crippen molar-refractivity contribution in [3.05, 3.63) is 63.3 Å². The maximum absolute atomic E-state index is 12.1. The lowest BCUT2D eigenvalue weighted by atomic mass is 10.2. The SMILES string of the molecule is CS(=O)(=O)NCCc1ccc(-c2csc(CC(=O)NCc3ccccc3)n2)s1. The average molecular weight is 436 g/mol. The molecule has 3 aromatic rings. The van der Waals surface area contributed by atoms with E-state index in [1.807, 2.05) is 47.8 Å². The van der Waals surface area contributed by atoms with E-state index in [1.165, 1.54) is 11.3 Å². The number of hydrogen-bond acceptors (Lipinski definition) is 6. The molecule has 0 aliphatic carbocycles. The molecular formula is C19H21N3O3S3. The van der Waals surface area contributed by atoms with Crippen LogP contribution in [0.2, 0.25) is 0 Å². The maximum atomic E-state index is 12.1. The number of rotatable bonds is 9. The van der Waals surface area contributed by atoms with Crippen LogP contribution in [0.15, 0.2) is 47.8 Å². The second-order valence-electron chi connectivity index (χ2n) is 6.25. The largest absolute Gasteiger partial charge is 0.352 e. The van der Waals surface area contributed by atoms with Crippen molar-refractivity contribution in [1.82, 2.24) is 15.0 Å². The molecule has 2 N–H and O–H groups in total. The topological polar surface area (TPSA) is 88.2 Å². The molecule has 6 nitrogen and oxygen atoms in total. The molecule has 9 heteroatoms. The molecule has 0 atom stereocenters. The molecule has 0 unspecified atom stereocenters. The fraction of sp³-hybridized carbons (Fsp3) is 0.263. The van der Waals surface area contributed by atoms with Crippen molar-refractivity contribution in [1.29, 1.82) is 0 Å². The van der Waals surface area contributed by atoms with E-state index in [1.54, 1.807) is 11.3 Å². The summed E-state index contributed by atoms with van der Waals surface area (Å²) < 4.78 is 24.7. The first-order valence-electron chi connectivity index (χ1n) is 8.68. The van der Waals surface area contributed by atoms with E-state index >= 15 is 0 Å². The standard InChI is InChI=1S/C19H21N3O3S3/c1-28(24,25)21-10-9-15-7-8-17(27-15)16-13-26-19(22-16)11-18(23)20-12-14-5-3-2-4-6-14/h2-8,13,21H,9-12H2,1H3,(H,20,23). The Morgan fingerprint density at radius 3 is 2.68 bits per heavy atom. The summed E-state index contributed by atoms with van der Waals surface area (Å²) in [6.07, 6.45) is 2.05. The van der Waals surface area contributed by atoms with Gasteiger partial charge in [-0.2, -0.15) is 0 Å². The Hall–Kier alpha value is -2.07. The molecule has 0 aliphatic heterocycles. The number of sulfonamides is 1. The molecule has 148 valence electrons. The van der Waals surface area contributed by atoms with Gasteiger partial charge in [-0.05, 0) is 24.1 Å². The molecule has 0 radical (unpaired) electrons. The lowest BCUT2D eigenvalue weighted by molar-refractivity contribution is -0.120. The van der Waals surface area contributed by atoms with Gasteiger partial charge in [-0.1, -0.05) is 30.3 Å². The molecule has 0 saturated carbocycles. The number of benzene rings is 1. The summed E-state index contributed by atoms with van der Waals surface area (Å²) >= 11 is 3.05. The van der Waals surface area contributed by atoms with Gasteiger partial charge in [0.2, 0.25) is 15.9 Å². The number of nitrogens with zero attached hydrogens (tertiary/aromatic N) is 1. The Morgan fingerprint density at radius 1 is 1.14 bits per heavy atom. The molecule has 2 heterocycles. The highest BCUT2D eigenvalue weighted by atomic mass is 32.2. The summed E-state index contributed by atoms with van der Waals surface area (Å²) in [5, 5.41) is 5.63. The van der Waals surface area contributed by atoms with Crippen molar-refractivity contribution in [2.24, 2.45) is 0 Å². The van der Waals surface area contributed by atoms with Gasteiger partial charge in [0.05, 0.1) is 23.2 Å². The smallest absolute Gasteiger partial charge is 0.227 e. The van der Waals surface area contributed by atoms with Crippen molar-refractivity contribution < 1.29 is 13.2 Å². The van der Waals surface area contributed by atoms with Crippen LogP contribution in [-0.4, -0.2) is 32.1 Å². The zero-order chi connectivity index (χ0) is 20.0. The van der Waals surface area contributed by atoms with Crippen LogP contribution in [0.4, 0.5) is 0 Å². The van der Waals surface area contributed by atoms with Gasteiger partial charge in [-0.15, -0.1) is 22.7 Å². The van der Waals surface area contributed by atoms with Crippen molar-refractivity contribution in [3.63, 3.8) is 0 Å². The number of aromatic nitrogens is 1. The molecule has 0 fully saturated rings. The van der Waals surface area contributed by atoms with Crippen LogP contribution in [-0.2, 0) is 34.2 Å². The summed E-state index contributed by atoms with van der Waals surface area (Å²) in [6, 6.07) is 13.7. The molecule has 0 bridgehead atoms. The lowest BCUT2D eigenvalue weighted by Crippen LogP contribution is -2.24. The fourth-order valence-corrected chi connectivity index (χ4v) is 4.82. The first-order chi connectivity index (χ1) is 13.4. The number of carbonyl (C=O) groups excluding carboxylic acids is 1. The third kappa shape index (κ3) is 6.52. The number of nitrogens with one attached hydrogen (secondary N) is 2. The third-order valence-corrected chi connectivity index (χ3v) is 6.59.